The summed E-state index contributed by atoms with van der Waals surface area (Å²) in [5, 5.41) is 15.5. The van der Waals surface area contributed by atoms with Crippen LogP contribution in [-0.2, 0) is 11.2 Å². The van der Waals surface area contributed by atoms with E-state index in [1.165, 1.54) is 0 Å². The third-order valence-corrected chi connectivity index (χ3v) is 4.25. The number of carbonyl (C=O) groups is 1. The molecule has 1 heterocycles. The standard InChI is InChI=1S/C15H26N2O3S/c1-6-15(10-18,7-12-17-11(2)8-21-12)9-16-13(19)20-14(3,4)5/h8,18H,6-7,9-10H2,1-5H3,(H,16,19). The first-order valence-electron chi connectivity index (χ1n) is 7.18. The number of thiazole rings is 1. The maximum absolute atomic E-state index is 11.8. The minimum absolute atomic E-state index is 0.00206. The first-order chi connectivity index (χ1) is 9.69. The number of aryl methyl sites for hydroxylation is 1. The number of aliphatic hydroxyl groups is 1. The Labute approximate surface area is 130 Å². The molecule has 1 aromatic heterocycles. The van der Waals surface area contributed by atoms with Crippen molar-refractivity contribution in [3.8, 4) is 0 Å². The molecule has 0 aliphatic carbocycles. The Balaban J connectivity index is 2.65. The van der Waals surface area contributed by atoms with E-state index >= 15 is 0 Å². The molecule has 5 nitrogen and oxygen atoms in total. The molecule has 1 atom stereocenters. The van der Waals surface area contributed by atoms with E-state index in [0.29, 0.717) is 13.0 Å². The largest absolute Gasteiger partial charge is 0.444 e. The predicted octanol–water partition coefficient (Wildman–Crippen LogP) is 2.91. The van der Waals surface area contributed by atoms with Gasteiger partial charge in [0.25, 0.3) is 0 Å². The van der Waals surface area contributed by atoms with Gasteiger partial charge in [-0.25, -0.2) is 9.78 Å². The number of hydrogen-bond donors (Lipinski definition) is 2. The zero-order valence-electron chi connectivity index (χ0n) is 13.5. The highest BCUT2D eigenvalue weighted by atomic mass is 32.1. The Morgan fingerprint density at radius 2 is 2.14 bits per heavy atom. The van der Waals surface area contributed by atoms with Crippen LogP contribution >= 0.6 is 11.3 Å². The van der Waals surface area contributed by atoms with E-state index in [2.05, 4.69) is 10.3 Å². The first kappa shape index (κ1) is 17.9. The van der Waals surface area contributed by atoms with Crippen molar-refractivity contribution in [1.82, 2.24) is 10.3 Å². The zero-order chi connectivity index (χ0) is 16.1. The minimum atomic E-state index is -0.523. The number of amides is 1. The van der Waals surface area contributed by atoms with Crippen molar-refractivity contribution < 1.29 is 14.6 Å². The monoisotopic (exact) mass is 314 g/mol. The molecule has 0 fully saturated rings. The Bertz CT molecular complexity index is 462. The maximum Gasteiger partial charge on any atom is 0.407 e. The minimum Gasteiger partial charge on any atom is -0.444 e. The number of rotatable bonds is 6. The molecule has 21 heavy (non-hydrogen) atoms. The normalized spacial score (nSPS) is 14.6. The lowest BCUT2D eigenvalue weighted by Gasteiger charge is -2.30. The first-order valence-corrected chi connectivity index (χ1v) is 8.06. The molecule has 2 N–H and O–H groups in total. The van der Waals surface area contributed by atoms with E-state index < -0.39 is 17.1 Å². The van der Waals surface area contributed by atoms with Crippen molar-refractivity contribution in [1.29, 1.82) is 0 Å². The van der Waals surface area contributed by atoms with Gasteiger partial charge in [0.15, 0.2) is 0 Å². The summed E-state index contributed by atoms with van der Waals surface area (Å²) in [6.07, 6.45) is 0.941. The molecule has 120 valence electrons. The maximum atomic E-state index is 11.8. The second-order valence-corrected chi connectivity index (χ2v) is 7.37. The lowest BCUT2D eigenvalue weighted by atomic mass is 9.82. The molecule has 0 aliphatic heterocycles. The SMILES string of the molecule is CCC(CO)(CNC(=O)OC(C)(C)C)Cc1nc(C)cs1. The molecule has 0 bridgehead atoms. The number of nitrogens with zero attached hydrogens (tertiary/aromatic N) is 1. The van der Waals surface area contributed by atoms with Crippen molar-refractivity contribution in [2.45, 2.75) is 53.1 Å². The van der Waals surface area contributed by atoms with Gasteiger partial charge in [-0.2, -0.15) is 0 Å². The Morgan fingerprint density at radius 1 is 1.48 bits per heavy atom. The molecule has 0 saturated heterocycles. The molecular weight excluding hydrogens is 288 g/mol. The number of ether oxygens (including phenoxy) is 1. The van der Waals surface area contributed by atoms with Crippen LogP contribution in [0.2, 0.25) is 0 Å². The van der Waals surface area contributed by atoms with Crippen LogP contribution in [0.1, 0.15) is 44.8 Å². The third kappa shape index (κ3) is 6.01. The molecule has 6 heteroatoms. The van der Waals surface area contributed by atoms with E-state index in [-0.39, 0.29) is 6.61 Å². The van der Waals surface area contributed by atoms with Crippen LogP contribution in [0.25, 0.3) is 0 Å². The molecule has 0 spiro atoms. The number of nitrogens with one attached hydrogen (secondary N) is 1. The van der Waals surface area contributed by atoms with Crippen LogP contribution in [-0.4, -0.2) is 34.9 Å². The van der Waals surface area contributed by atoms with Gasteiger partial charge in [0.2, 0.25) is 0 Å². The number of hydrogen-bond acceptors (Lipinski definition) is 5. The fourth-order valence-electron chi connectivity index (χ4n) is 1.91. The topological polar surface area (TPSA) is 71.5 Å². The fraction of sp³-hybridized carbons (Fsp3) is 0.733. The number of aromatic nitrogens is 1. The van der Waals surface area contributed by atoms with Crippen molar-refractivity contribution in [2.24, 2.45) is 5.41 Å². The summed E-state index contributed by atoms with van der Waals surface area (Å²) >= 11 is 1.59. The molecule has 0 radical (unpaired) electrons. The van der Waals surface area contributed by atoms with Gasteiger partial charge in [-0.05, 0) is 34.1 Å². The number of carbonyl (C=O) groups excluding carboxylic acids is 1. The summed E-state index contributed by atoms with van der Waals surface area (Å²) < 4.78 is 5.23. The lowest BCUT2D eigenvalue weighted by molar-refractivity contribution is 0.0461. The van der Waals surface area contributed by atoms with Crippen molar-refractivity contribution in [2.75, 3.05) is 13.2 Å². The van der Waals surface area contributed by atoms with Gasteiger partial charge >= 0.3 is 6.09 Å². The van der Waals surface area contributed by atoms with Gasteiger partial charge in [0.1, 0.15) is 5.60 Å². The quantitative estimate of drug-likeness (QED) is 0.847. The Kier molecular flexibility index (Phi) is 6.16. The average molecular weight is 314 g/mol. The molecular formula is C15H26N2O3S. The molecule has 0 aromatic carbocycles. The van der Waals surface area contributed by atoms with E-state index in [1.54, 1.807) is 11.3 Å². The highest BCUT2D eigenvalue weighted by Gasteiger charge is 2.30. The van der Waals surface area contributed by atoms with Crippen molar-refractivity contribution >= 4 is 17.4 Å². The summed E-state index contributed by atoms with van der Waals surface area (Å²) in [6.45, 7) is 9.79. The fourth-order valence-corrected chi connectivity index (χ4v) is 2.86. The summed E-state index contributed by atoms with van der Waals surface area (Å²) in [6, 6.07) is 0. The average Bonchev–Trinajstić information content (AvgIpc) is 2.78. The van der Waals surface area contributed by atoms with E-state index in [1.807, 2.05) is 40.0 Å². The molecule has 0 aliphatic rings. The summed E-state index contributed by atoms with van der Waals surface area (Å²) in [7, 11) is 0. The molecule has 1 amide bonds. The van der Waals surface area contributed by atoms with Gasteiger partial charge in [0, 0.05) is 29.5 Å². The van der Waals surface area contributed by atoms with Crippen LogP contribution in [0.3, 0.4) is 0 Å². The van der Waals surface area contributed by atoms with Gasteiger partial charge in [-0.1, -0.05) is 6.92 Å². The summed E-state index contributed by atoms with van der Waals surface area (Å²) in [4.78, 5) is 16.2. The van der Waals surface area contributed by atoms with Gasteiger partial charge < -0.3 is 15.2 Å². The molecule has 0 saturated carbocycles. The molecule has 1 unspecified atom stereocenters. The van der Waals surface area contributed by atoms with E-state index in [0.717, 1.165) is 17.1 Å². The Morgan fingerprint density at radius 3 is 2.57 bits per heavy atom. The van der Waals surface area contributed by atoms with Crippen LogP contribution in [0.15, 0.2) is 5.38 Å². The van der Waals surface area contributed by atoms with E-state index in [9.17, 15) is 9.90 Å². The number of alkyl carbamates (subject to hydrolysis) is 1. The lowest BCUT2D eigenvalue weighted by Crippen LogP contribution is -2.43. The third-order valence-electron chi connectivity index (χ3n) is 3.28. The summed E-state index contributed by atoms with van der Waals surface area (Å²) in [5.74, 6) is 0. The highest BCUT2D eigenvalue weighted by molar-refractivity contribution is 7.09. The zero-order valence-corrected chi connectivity index (χ0v) is 14.3. The van der Waals surface area contributed by atoms with Gasteiger partial charge in [0.05, 0.1) is 11.6 Å². The smallest absolute Gasteiger partial charge is 0.407 e. The predicted molar refractivity (Wildman–Crippen MR) is 84.6 cm³/mol. The van der Waals surface area contributed by atoms with Gasteiger partial charge in [-0.3, -0.25) is 0 Å². The van der Waals surface area contributed by atoms with Crippen LogP contribution in [0.5, 0.6) is 0 Å². The van der Waals surface area contributed by atoms with Crippen LogP contribution < -0.4 is 5.32 Å². The second kappa shape index (κ2) is 7.22. The second-order valence-electron chi connectivity index (χ2n) is 6.43. The molecule has 1 aromatic rings. The highest BCUT2D eigenvalue weighted by Crippen LogP contribution is 2.27. The van der Waals surface area contributed by atoms with Gasteiger partial charge in [-0.15, -0.1) is 11.3 Å². The van der Waals surface area contributed by atoms with E-state index in [4.69, 9.17) is 4.74 Å². The molecule has 1 rings (SSSR count). The van der Waals surface area contributed by atoms with Crippen LogP contribution in [0.4, 0.5) is 4.79 Å². The Hall–Kier alpha value is -1.14. The number of aliphatic hydroxyl groups excluding tert-OH is 1. The van der Waals surface area contributed by atoms with Crippen LogP contribution in [0, 0.1) is 12.3 Å². The van der Waals surface area contributed by atoms with Crippen molar-refractivity contribution in [3.05, 3.63) is 16.1 Å². The summed E-state index contributed by atoms with van der Waals surface area (Å²) in [5.41, 5.74) is 0.0595. The van der Waals surface area contributed by atoms with Crippen molar-refractivity contribution in [3.63, 3.8) is 0 Å².